The molecule has 0 spiro atoms. The Morgan fingerprint density at radius 1 is 1.02 bits per heavy atom. The highest BCUT2D eigenvalue weighted by Crippen LogP contribution is 3.02. The molecule has 2 aliphatic carbocycles. The minimum atomic E-state index is -10.1. The smallest absolute Gasteiger partial charge is 0.411 e. The second-order valence-electron chi connectivity index (χ2n) is 13.7. The Kier molecular flexibility index (Phi) is 7.93. The molecular formula is C31H37F7N4O4S. The number of benzene rings is 1. The summed E-state index contributed by atoms with van der Waals surface area (Å²) in [5.74, 6) is -4.93. The minimum absolute atomic E-state index is 0.0670. The standard InChI is InChI=1S/C31H37F7N4O4S/c1-19-11-15-39-18-24(19)25(26(43)40-21-9-13-30(32,33)14-10-21)42(22-5-7-23(8-6-22)47(34,35,36,37)38)27(44)31-17-20(31)12-16-41(31)28(45)46-29(2,3)4/h5-8,11,15,18,20-21,25H,9-10,12-14,16-17H2,1-4H3,(H,40,43)/t20?,25?,31-/m1/s1. The monoisotopic (exact) mass is 694 g/mol. The van der Waals surface area contributed by atoms with Gasteiger partial charge in [-0.05, 0) is 95.2 Å². The molecule has 0 bridgehead atoms. The summed E-state index contributed by atoms with van der Waals surface area (Å²) < 4.78 is 102. The number of halogens is 7. The van der Waals surface area contributed by atoms with Gasteiger partial charge in [0, 0.05) is 49.1 Å². The molecule has 47 heavy (non-hydrogen) atoms. The molecule has 1 aromatic heterocycles. The number of likely N-dealkylation sites (tertiary alicyclic amines) is 1. The van der Waals surface area contributed by atoms with Gasteiger partial charge in [-0.25, -0.2) is 13.6 Å². The number of aryl methyl sites for hydroxylation is 1. The zero-order valence-electron chi connectivity index (χ0n) is 26.3. The molecule has 260 valence electrons. The zero-order valence-corrected chi connectivity index (χ0v) is 27.1. The number of piperidine rings is 1. The number of hydrogen-bond donors (Lipinski definition) is 1. The number of hydrogen-bond acceptors (Lipinski definition) is 5. The van der Waals surface area contributed by atoms with Gasteiger partial charge in [0.05, 0.1) is 0 Å². The second-order valence-corrected chi connectivity index (χ2v) is 16.1. The third-order valence-corrected chi connectivity index (χ3v) is 10.1. The van der Waals surface area contributed by atoms with Crippen LogP contribution in [-0.2, 0) is 14.3 Å². The molecule has 16 heteroatoms. The van der Waals surface area contributed by atoms with Gasteiger partial charge < -0.3 is 10.1 Å². The molecule has 3 fully saturated rings. The fourth-order valence-corrected chi connectivity index (χ4v) is 7.15. The lowest BCUT2D eigenvalue weighted by Crippen LogP contribution is -2.56. The third-order valence-electron chi connectivity index (χ3n) is 8.96. The summed E-state index contributed by atoms with van der Waals surface area (Å²) in [4.78, 5) is 46.4. The zero-order chi connectivity index (χ0) is 34.9. The largest absolute Gasteiger partial charge is 0.444 e. The molecule has 2 saturated carbocycles. The predicted molar refractivity (Wildman–Crippen MR) is 161 cm³/mol. The van der Waals surface area contributed by atoms with Gasteiger partial charge >= 0.3 is 16.3 Å². The van der Waals surface area contributed by atoms with Gasteiger partial charge in [0.25, 0.3) is 5.91 Å². The number of amides is 3. The van der Waals surface area contributed by atoms with Crippen LogP contribution in [0.3, 0.4) is 0 Å². The molecule has 3 aliphatic rings. The van der Waals surface area contributed by atoms with E-state index in [4.69, 9.17) is 4.74 Å². The molecule has 1 aromatic carbocycles. The van der Waals surface area contributed by atoms with Crippen molar-refractivity contribution < 1.29 is 47.3 Å². The normalized spacial score (nSPS) is 24.7. The van der Waals surface area contributed by atoms with Crippen LogP contribution in [-0.4, -0.2) is 57.4 Å². The van der Waals surface area contributed by atoms with E-state index in [-0.39, 0.29) is 55.1 Å². The topological polar surface area (TPSA) is 91.8 Å². The lowest BCUT2D eigenvalue weighted by Gasteiger charge is -2.41. The van der Waals surface area contributed by atoms with Gasteiger partial charge in [0.1, 0.15) is 22.1 Å². The summed E-state index contributed by atoms with van der Waals surface area (Å²) >= 11 is 0. The number of carbonyl (C=O) groups excluding carboxylic acids is 3. The van der Waals surface area contributed by atoms with E-state index in [1.807, 2.05) is 0 Å². The molecule has 1 N–H and O–H groups in total. The van der Waals surface area contributed by atoms with Crippen molar-refractivity contribution in [1.82, 2.24) is 15.2 Å². The van der Waals surface area contributed by atoms with Crippen molar-refractivity contribution in [3.05, 3.63) is 53.9 Å². The fourth-order valence-electron chi connectivity index (χ4n) is 6.50. The van der Waals surface area contributed by atoms with E-state index in [9.17, 15) is 42.6 Å². The summed E-state index contributed by atoms with van der Waals surface area (Å²) in [5.41, 5.74) is -2.16. The van der Waals surface area contributed by atoms with E-state index in [0.717, 1.165) is 4.90 Å². The Hall–Kier alpha value is -3.56. The van der Waals surface area contributed by atoms with E-state index in [2.05, 4.69) is 10.3 Å². The Bertz CT molecular complexity index is 1570. The van der Waals surface area contributed by atoms with Crippen LogP contribution in [0.15, 0.2) is 47.6 Å². The van der Waals surface area contributed by atoms with E-state index >= 15 is 0 Å². The first-order chi connectivity index (χ1) is 21.4. The van der Waals surface area contributed by atoms with Crippen LogP contribution in [0.4, 0.5) is 38.7 Å². The number of ether oxygens (including phenoxy) is 1. The van der Waals surface area contributed by atoms with Crippen molar-refractivity contribution in [3.63, 3.8) is 0 Å². The Labute approximate surface area is 267 Å². The fraction of sp³-hybridized carbons (Fsp3) is 0.548. The van der Waals surface area contributed by atoms with E-state index in [0.29, 0.717) is 24.1 Å². The molecule has 2 unspecified atom stereocenters. The van der Waals surface area contributed by atoms with Crippen LogP contribution in [0.5, 0.6) is 0 Å². The molecule has 1 aliphatic heterocycles. The van der Waals surface area contributed by atoms with Crippen molar-refractivity contribution in [2.75, 3.05) is 11.4 Å². The number of aromatic nitrogens is 1. The molecule has 5 rings (SSSR count). The third kappa shape index (κ3) is 7.16. The summed E-state index contributed by atoms with van der Waals surface area (Å²) in [7, 11) is -10.1. The predicted octanol–water partition coefficient (Wildman–Crippen LogP) is 8.22. The highest BCUT2D eigenvalue weighted by molar-refractivity contribution is 8.45. The number of rotatable bonds is 7. The minimum Gasteiger partial charge on any atom is -0.444 e. The molecule has 8 nitrogen and oxygen atoms in total. The first-order valence-electron chi connectivity index (χ1n) is 15.2. The van der Waals surface area contributed by atoms with Gasteiger partial charge in [0.15, 0.2) is 0 Å². The van der Waals surface area contributed by atoms with Crippen molar-refractivity contribution in [2.45, 2.75) is 100 Å². The van der Waals surface area contributed by atoms with Crippen LogP contribution in [0.1, 0.15) is 76.5 Å². The van der Waals surface area contributed by atoms with E-state index < -0.39 is 75.0 Å². The average Bonchev–Trinajstić information content (AvgIpc) is 3.54. The highest BCUT2D eigenvalue weighted by Gasteiger charge is 2.71. The quantitative estimate of drug-likeness (QED) is 0.295. The first-order valence-corrected chi connectivity index (χ1v) is 17.1. The summed E-state index contributed by atoms with van der Waals surface area (Å²) in [6.45, 7) is 6.65. The van der Waals surface area contributed by atoms with Gasteiger partial charge in [-0.15, -0.1) is 0 Å². The van der Waals surface area contributed by atoms with E-state index in [1.165, 1.54) is 23.4 Å². The van der Waals surface area contributed by atoms with Gasteiger partial charge in [0.2, 0.25) is 11.8 Å². The average molecular weight is 695 g/mol. The molecule has 2 heterocycles. The van der Waals surface area contributed by atoms with Gasteiger partial charge in [-0.2, -0.15) is 0 Å². The van der Waals surface area contributed by atoms with Crippen LogP contribution in [0.2, 0.25) is 0 Å². The number of carbonyl (C=O) groups is 3. The maximum Gasteiger partial charge on any atom is 0.411 e. The highest BCUT2D eigenvalue weighted by atomic mass is 32.5. The summed E-state index contributed by atoms with van der Waals surface area (Å²) in [6, 6.07) is 0.865. The number of nitrogens with one attached hydrogen (secondary N) is 1. The lowest BCUT2D eigenvalue weighted by atomic mass is 9.91. The molecule has 0 radical (unpaired) electrons. The molecule has 3 amide bonds. The molecule has 2 aromatic rings. The number of fused-ring (bicyclic) bond motifs is 1. The Morgan fingerprint density at radius 3 is 2.17 bits per heavy atom. The van der Waals surface area contributed by atoms with Gasteiger partial charge in [-0.3, -0.25) is 24.4 Å². The summed E-state index contributed by atoms with van der Waals surface area (Å²) in [5, 5.41) is 2.72. The van der Waals surface area contributed by atoms with Crippen LogP contribution >= 0.6 is 10.2 Å². The second kappa shape index (κ2) is 10.7. The van der Waals surface area contributed by atoms with Crippen LogP contribution in [0, 0.1) is 12.8 Å². The Balaban J connectivity index is 1.62. The number of alkyl halides is 2. The maximum absolute atomic E-state index is 14.8. The molecule has 3 atom stereocenters. The Morgan fingerprint density at radius 2 is 1.64 bits per heavy atom. The first kappa shape index (κ1) is 34.8. The van der Waals surface area contributed by atoms with Crippen molar-refractivity contribution in [1.29, 1.82) is 0 Å². The lowest BCUT2D eigenvalue weighted by molar-refractivity contribution is -0.130. The molecule has 1 saturated heterocycles. The molecular weight excluding hydrogens is 657 g/mol. The number of nitrogens with zero attached hydrogens (tertiary/aromatic N) is 3. The van der Waals surface area contributed by atoms with Crippen LogP contribution in [0.25, 0.3) is 0 Å². The van der Waals surface area contributed by atoms with Crippen molar-refractivity contribution in [2.24, 2.45) is 5.92 Å². The summed E-state index contributed by atoms with van der Waals surface area (Å²) in [6.07, 6.45) is 1.38. The number of anilines is 1. The number of pyridine rings is 1. The maximum atomic E-state index is 14.8. The van der Waals surface area contributed by atoms with E-state index in [1.54, 1.807) is 27.7 Å². The van der Waals surface area contributed by atoms with Gasteiger partial charge in [-0.1, -0.05) is 19.4 Å². The van der Waals surface area contributed by atoms with Crippen molar-refractivity contribution in [3.8, 4) is 0 Å². The SMILES string of the molecule is Cc1ccncc1C(C(=O)NC1CCC(F)(F)CC1)N(C(=O)[C@@]12CC1CCN2C(=O)OC(C)(C)C)c1ccc(S(F)(F)(F)(F)F)cc1. The van der Waals surface area contributed by atoms with Crippen molar-refractivity contribution >= 4 is 33.8 Å². The van der Waals surface area contributed by atoms with Crippen LogP contribution < -0.4 is 10.2 Å².